The molecule has 0 radical (unpaired) electrons. The lowest BCUT2D eigenvalue weighted by molar-refractivity contribution is -0.137. The molecule has 8 nitrogen and oxygen atoms in total. The van der Waals surface area contributed by atoms with Crippen LogP contribution in [-0.2, 0) is 16.1 Å². The van der Waals surface area contributed by atoms with Gasteiger partial charge in [0.15, 0.2) is 5.82 Å². The van der Waals surface area contributed by atoms with Crippen LogP contribution < -0.4 is 0 Å². The van der Waals surface area contributed by atoms with Gasteiger partial charge in [-0.05, 0) is 45.7 Å². The minimum Gasteiger partial charge on any atom is -0.483 e. The van der Waals surface area contributed by atoms with Crippen molar-refractivity contribution in [2.75, 3.05) is 19.6 Å². The third-order valence-electron chi connectivity index (χ3n) is 4.94. The van der Waals surface area contributed by atoms with Crippen LogP contribution in [0, 0.1) is 0 Å². The topological polar surface area (TPSA) is 91.6 Å². The van der Waals surface area contributed by atoms with Gasteiger partial charge >= 0.3 is 0 Å². The first-order chi connectivity index (χ1) is 11.2. The van der Waals surface area contributed by atoms with Crippen molar-refractivity contribution in [3.63, 3.8) is 0 Å². The number of amides is 1. The van der Waals surface area contributed by atoms with E-state index in [1.165, 1.54) is 12.8 Å². The molecular weight excluding hydrogens is 298 g/mol. The quantitative estimate of drug-likeness (QED) is 0.811. The predicted molar refractivity (Wildman–Crippen MR) is 81.6 cm³/mol. The maximum absolute atomic E-state index is 12.5. The van der Waals surface area contributed by atoms with Crippen LogP contribution >= 0.6 is 0 Å². The summed E-state index contributed by atoms with van der Waals surface area (Å²) < 4.78 is 2.10. The van der Waals surface area contributed by atoms with E-state index in [1.807, 2.05) is 11.8 Å². The lowest BCUT2D eigenvalue weighted by atomic mass is 10.1. The number of aromatic nitrogens is 3. The van der Waals surface area contributed by atoms with Crippen molar-refractivity contribution >= 4 is 12.4 Å². The van der Waals surface area contributed by atoms with Crippen molar-refractivity contribution in [1.29, 1.82) is 0 Å². The monoisotopic (exact) mass is 321 g/mol. The van der Waals surface area contributed by atoms with E-state index < -0.39 is 0 Å². The summed E-state index contributed by atoms with van der Waals surface area (Å²) in [6, 6.07) is 0.0190. The highest BCUT2D eigenvalue weighted by molar-refractivity contribution is 5.82. The first-order valence-corrected chi connectivity index (χ1v) is 8.21. The second kappa shape index (κ2) is 6.66. The number of nitrogens with zero attached hydrogens (tertiary/aromatic N) is 5. The van der Waals surface area contributed by atoms with Crippen LogP contribution in [-0.4, -0.2) is 61.7 Å². The molecule has 0 unspecified atom stereocenters. The van der Waals surface area contributed by atoms with E-state index in [1.54, 1.807) is 0 Å². The Hall–Kier alpha value is -1.96. The molecule has 0 saturated carbocycles. The van der Waals surface area contributed by atoms with Gasteiger partial charge < -0.3 is 10.0 Å². The molecule has 4 rings (SSSR count). The Morgan fingerprint density at radius 1 is 1.22 bits per heavy atom. The number of likely N-dealkylation sites (tertiary alicyclic amines) is 1. The molecule has 3 aliphatic rings. The predicted octanol–water partition coefficient (Wildman–Crippen LogP) is 0.813. The number of carbonyl (C=O) groups excluding carboxylic acids is 1. The summed E-state index contributed by atoms with van der Waals surface area (Å²) in [6.45, 7) is 5.72. The van der Waals surface area contributed by atoms with E-state index in [4.69, 9.17) is 9.90 Å². The average molecular weight is 321 g/mol. The smallest absolute Gasteiger partial charge is 0.290 e. The van der Waals surface area contributed by atoms with E-state index in [9.17, 15) is 4.79 Å². The van der Waals surface area contributed by atoms with Gasteiger partial charge in [0.2, 0.25) is 5.91 Å². The van der Waals surface area contributed by atoms with E-state index >= 15 is 0 Å². The van der Waals surface area contributed by atoms with Crippen LogP contribution in [0.25, 0.3) is 0 Å². The van der Waals surface area contributed by atoms with Gasteiger partial charge in [-0.2, -0.15) is 0 Å². The Labute approximate surface area is 135 Å². The van der Waals surface area contributed by atoms with Crippen molar-refractivity contribution in [1.82, 2.24) is 24.6 Å². The van der Waals surface area contributed by atoms with Gasteiger partial charge in [-0.15, -0.1) is 10.2 Å². The summed E-state index contributed by atoms with van der Waals surface area (Å²) >= 11 is 0. The van der Waals surface area contributed by atoms with Crippen molar-refractivity contribution < 1.29 is 14.7 Å². The maximum atomic E-state index is 12.5. The molecule has 1 N–H and O–H groups in total. The first kappa shape index (κ1) is 15.9. The Balaban J connectivity index is 0.000000485. The third kappa shape index (κ3) is 2.83. The summed E-state index contributed by atoms with van der Waals surface area (Å²) in [6.07, 6.45) is 4.65. The van der Waals surface area contributed by atoms with Crippen molar-refractivity contribution in [2.24, 2.45) is 0 Å². The van der Waals surface area contributed by atoms with Gasteiger partial charge in [-0.3, -0.25) is 19.1 Å². The molecule has 126 valence electrons. The molecule has 3 aliphatic heterocycles. The third-order valence-corrected chi connectivity index (χ3v) is 4.94. The van der Waals surface area contributed by atoms with Gasteiger partial charge in [0.1, 0.15) is 11.9 Å². The Morgan fingerprint density at radius 2 is 1.91 bits per heavy atom. The van der Waals surface area contributed by atoms with Gasteiger partial charge in [0.05, 0.1) is 12.6 Å². The highest BCUT2D eigenvalue weighted by atomic mass is 16.3. The van der Waals surface area contributed by atoms with Crippen LogP contribution in [0.1, 0.15) is 56.3 Å². The molecular formula is C15H23N5O3. The second-order valence-corrected chi connectivity index (χ2v) is 6.30. The molecule has 0 aliphatic carbocycles. The highest BCUT2D eigenvalue weighted by Gasteiger charge is 2.42. The zero-order valence-corrected chi connectivity index (χ0v) is 13.4. The van der Waals surface area contributed by atoms with E-state index in [-0.39, 0.29) is 24.5 Å². The number of hydrogen-bond donors (Lipinski definition) is 1. The van der Waals surface area contributed by atoms with Gasteiger partial charge in [0, 0.05) is 6.54 Å². The molecule has 1 aromatic heterocycles. The summed E-state index contributed by atoms with van der Waals surface area (Å²) in [5.41, 5.74) is 0. The molecule has 4 heterocycles. The molecule has 1 aromatic rings. The molecule has 0 spiro atoms. The zero-order valence-electron chi connectivity index (χ0n) is 13.4. The fourth-order valence-corrected chi connectivity index (χ4v) is 3.88. The van der Waals surface area contributed by atoms with Crippen molar-refractivity contribution in [2.45, 2.75) is 51.2 Å². The highest BCUT2D eigenvalue weighted by Crippen LogP contribution is 2.38. The van der Waals surface area contributed by atoms with Crippen molar-refractivity contribution in [3.05, 3.63) is 11.6 Å². The Bertz CT molecular complexity index is 582. The van der Waals surface area contributed by atoms with Crippen LogP contribution in [0.4, 0.5) is 0 Å². The largest absolute Gasteiger partial charge is 0.483 e. The molecule has 2 atom stereocenters. The molecule has 23 heavy (non-hydrogen) atoms. The molecule has 0 aromatic carbocycles. The minimum absolute atomic E-state index is 0.146. The lowest BCUT2D eigenvalue weighted by Gasteiger charge is -2.34. The molecule has 2 saturated heterocycles. The first-order valence-electron chi connectivity index (χ1n) is 8.21. The number of fused-ring (bicyclic) bond motifs is 3. The molecule has 8 heteroatoms. The van der Waals surface area contributed by atoms with Gasteiger partial charge in [-0.25, -0.2) is 0 Å². The maximum Gasteiger partial charge on any atom is 0.290 e. The number of rotatable bonds is 2. The fourth-order valence-electron chi connectivity index (χ4n) is 3.88. The summed E-state index contributed by atoms with van der Waals surface area (Å²) in [5, 5.41) is 15.7. The normalized spacial score (nSPS) is 26.5. The van der Waals surface area contributed by atoms with E-state index in [0.717, 1.165) is 50.7 Å². The van der Waals surface area contributed by atoms with Crippen LogP contribution in [0.2, 0.25) is 0 Å². The van der Waals surface area contributed by atoms with E-state index in [0.29, 0.717) is 0 Å². The number of carbonyl (C=O) groups is 2. The van der Waals surface area contributed by atoms with Crippen LogP contribution in [0.15, 0.2) is 0 Å². The zero-order chi connectivity index (χ0) is 16.4. The number of carboxylic acid groups (broad SMARTS) is 1. The fraction of sp³-hybridized carbons (Fsp3) is 0.733. The SMILES string of the molecule is C[C@H]1C(=O)N2CCC[C@H]2c2nnc(CN3CCCC3)n21.O=CO. The Kier molecular flexibility index (Phi) is 4.61. The summed E-state index contributed by atoms with van der Waals surface area (Å²) in [7, 11) is 0. The molecule has 0 bridgehead atoms. The van der Waals surface area contributed by atoms with Gasteiger partial charge in [0.25, 0.3) is 6.47 Å². The standard InChI is InChI=1S/C14H21N5O.CH2O2/c1-10-14(20)18-8-4-5-11(18)13-16-15-12(19(10)13)9-17-6-2-3-7-17;2-1-3/h10-11H,2-9H2,1H3;1H,(H,2,3)/t10-,11-;/m0./s1. The van der Waals surface area contributed by atoms with E-state index in [2.05, 4.69) is 19.7 Å². The Morgan fingerprint density at radius 3 is 2.61 bits per heavy atom. The summed E-state index contributed by atoms with van der Waals surface area (Å²) in [4.78, 5) is 25.3. The average Bonchev–Trinajstić information content (AvgIpc) is 3.26. The molecule has 2 fully saturated rings. The second-order valence-electron chi connectivity index (χ2n) is 6.30. The minimum atomic E-state index is -0.250. The van der Waals surface area contributed by atoms with Crippen molar-refractivity contribution in [3.8, 4) is 0 Å². The lowest BCUT2D eigenvalue weighted by Crippen LogP contribution is -2.42. The van der Waals surface area contributed by atoms with Crippen LogP contribution in [0.5, 0.6) is 0 Å². The van der Waals surface area contributed by atoms with Crippen LogP contribution in [0.3, 0.4) is 0 Å². The van der Waals surface area contributed by atoms with Gasteiger partial charge in [-0.1, -0.05) is 0 Å². The molecule has 1 amide bonds. The number of hydrogen-bond acceptors (Lipinski definition) is 5. The summed E-state index contributed by atoms with van der Waals surface area (Å²) in [5.74, 6) is 2.21.